The molecule has 0 amide bonds. The van der Waals surface area contributed by atoms with E-state index in [1.807, 2.05) is 0 Å². The average Bonchev–Trinajstić information content (AvgIpc) is 2.70. The summed E-state index contributed by atoms with van der Waals surface area (Å²) in [5.41, 5.74) is 5.86. The minimum Gasteiger partial charge on any atom is -0.376 e. The summed E-state index contributed by atoms with van der Waals surface area (Å²) in [6, 6.07) is 0.785. The van der Waals surface area contributed by atoms with Gasteiger partial charge in [0.05, 0.1) is 18.7 Å². The quantitative estimate of drug-likeness (QED) is 0.704. The number of ether oxygens (including phenoxy) is 1. The van der Waals surface area contributed by atoms with Gasteiger partial charge in [0, 0.05) is 12.6 Å². The monoisotopic (exact) mass is 197 g/mol. The van der Waals surface area contributed by atoms with Crippen LogP contribution in [0.3, 0.4) is 0 Å². The first-order chi connectivity index (χ1) is 6.70. The lowest BCUT2D eigenvalue weighted by molar-refractivity contribution is 0.0499. The molecule has 2 atom stereocenters. The summed E-state index contributed by atoms with van der Waals surface area (Å²) in [4.78, 5) is 6.50. The summed E-state index contributed by atoms with van der Waals surface area (Å²) < 4.78 is 5.70. The Balaban J connectivity index is 2.05. The largest absolute Gasteiger partial charge is 0.376 e. The SMILES string of the molecule is CC(C)N1C(N)=NCC1C1CCCO1. The minimum absolute atomic E-state index is 0.335. The highest BCUT2D eigenvalue weighted by Crippen LogP contribution is 2.24. The molecule has 0 aliphatic carbocycles. The highest BCUT2D eigenvalue weighted by atomic mass is 16.5. The van der Waals surface area contributed by atoms with Gasteiger partial charge in [-0.05, 0) is 26.7 Å². The van der Waals surface area contributed by atoms with Gasteiger partial charge < -0.3 is 15.4 Å². The molecule has 0 aromatic heterocycles. The van der Waals surface area contributed by atoms with Crippen molar-refractivity contribution in [2.24, 2.45) is 10.7 Å². The van der Waals surface area contributed by atoms with Crippen LogP contribution in [0.25, 0.3) is 0 Å². The van der Waals surface area contributed by atoms with Crippen LogP contribution in [-0.4, -0.2) is 42.2 Å². The molecule has 2 unspecified atom stereocenters. The fourth-order valence-corrected chi connectivity index (χ4v) is 2.38. The van der Waals surface area contributed by atoms with Crippen LogP contribution in [0.1, 0.15) is 26.7 Å². The van der Waals surface area contributed by atoms with Crippen LogP contribution in [0.5, 0.6) is 0 Å². The zero-order valence-corrected chi connectivity index (χ0v) is 8.94. The van der Waals surface area contributed by atoms with Gasteiger partial charge >= 0.3 is 0 Å². The predicted octanol–water partition coefficient (Wildman–Crippen LogP) is 0.573. The summed E-state index contributed by atoms with van der Waals surface area (Å²) in [7, 11) is 0. The Morgan fingerprint density at radius 1 is 1.57 bits per heavy atom. The smallest absolute Gasteiger partial charge is 0.191 e. The van der Waals surface area contributed by atoms with Gasteiger partial charge in [0.2, 0.25) is 0 Å². The molecule has 2 aliphatic heterocycles. The first kappa shape index (κ1) is 9.77. The van der Waals surface area contributed by atoms with Crippen LogP contribution >= 0.6 is 0 Å². The van der Waals surface area contributed by atoms with Crippen molar-refractivity contribution in [3.05, 3.63) is 0 Å². The van der Waals surface area contributed by atoms with Gasteiger partial charge in [-0.1, -0.05) is 0 Å². The van der Waals surface area contributed by atoms with Gasteiger partial charge in [-0.3, -0.25) is 4.99 Å². The lowest BCUT2D eigenvalue weighted by Crippen LogP contribution is -2.50. The number of nitrogens with two attached hydrogens (primary N) is 1. The fraction of sp³-hybridized carbons (Fsp3) is 0.900. The predicted molar refractivity (Wildman–Crippen MR) is 56.2 cm³/mol. The molecule has 2 heterocycles. The van der Waals surface area contributed by atoms with Gasteiger partial charge in [0.15, 0.2) is 5.96 Å². The van der Waals surface area contributed by atoms with E-state index < -0.39 is 0 Å². The molecule has 2 aliphatic rings. The van der Waals surface area contributed by atoms with E-state index in [1.165, 1.54) is 6.42 Å². The summed E-state index contributed by atoms with van der Waals surface area (Å²) in [5.74, 6) is 0.681. The van der Waals surface area contributed by atoms with Crippen molar-refractivity contribution >= 4 is 5.96 Å². The first-order valence-corrected chi connectivity index (χ1v) is 5.40. The highest BCUT2D eigenvalue weighted by Gasteiger charge is 2.36. The summed E-state index contributed by atoms with van der Waals surface area (Å²) in [6.45, 7) is 5.99. The zero-order valence-electron chi connectivity index (χ0n) is 8.94. The van der Waals surface area contributed by atoms with E-state index in [1.54, 1.807) is 0 Å². The molecule has 2 N–H and O–H groups in total. The number of rotatable bonds is 2. The molecule has 80 valence electrons. The third kappa shape index (κ3) is 1.59. The molecule has 0 aromatic rings. The molecule has 0 spiro atoms. The third-order valence-electron chi connectivity index (χ3n) is 3.01. The topological polar surface area (TPSA) is 50.8 Å². The Kier molecular flexibility index (Phi) is 2.63. The maximum Gasteiger partial charge on any atom is 0.191 e. The lowest BCUT2D eigenvalue weighted by Gasteiger charge is -2.33. The molecule has 14 heavy (non-hydrogen) atoms. The molecular weight excluding hydrogens is 178 g/mol. The van der Waals surface area contributed by atoms with E-state index in [9.17, 15) is 0 Å². The van der Waals surface area contributed by atoms with Crippen LogP contribution in [0, 0.1) is 0 Å². The number of nitrogens with zero attached hydrogens (tertiary/aromatic N) is 2. The second-order valence-corrected chi connectivity index (χ2v) is 4.32. The number of hydrogen-bond acceptors (Lipinski definition) is 4. The van der Waals surface area contributed by atoms with Crippen LogP contribution < -0.4 is 5.73 Å². The standard InChI is InChI=1S/C10H19N3O/c1-7(2)13-8(6-12-10(13)11)9-4-3-5-14-9/h7-9H,3-6H2,1-2H3,(H2,11,12). The first-order valence-electron chi connectivity index (χ1n) is 5.40. The molecule has 0 radical (unpaired) electrons. The third-order valence-corrected chi connectivity index (χ3v) is 3.01. The zero-order chi connectivity index (χ0) is 10.1. The van der Waals surface area contributed by atoms with Gasteiger partial charge in [0.1, 0.15) is 0 Å². The van der Waals surface area contributed by atoms with E-state index in [0.29, 0.717) is 24.1 Å². The number of hydrogen-bond donors (Lipinski definition) is 1. The summed E-state index contributed by atoms with van der Waals surface area (Å²) in [5, 5.41) is 0. The Morgan fingerprint density at radius 3 is 2.93 bits per heavy atom. The van der Waals surface area contributed by atoms with Gasteiger partial charge in [-0.2, -0.15) is 0 Å². The Bertz CT molecular complexity index is 234. The van der Waals surface area contributed by atoms with Crippen molar-refractivity contribution in [2.75, 3.05) is 13.2 Å². The molecule has 1 fully saturated rings. The molecule has 0 aromatic carbocycles. The number of guanidine groups is 1. The fourth-order valence-electron chi connectivity index (χ4n) is 2.38. The molecule has 4 nitrogen and oxygen atoms in total. The van der Waals surface area contributed by atoms with Crippen LogP contribution in [0.2, 0.25) is 0 Å². The summed E-state index contributed by atoms with van der Waals surface area (Å²) in [6.07, 6.45) is 2.66. The highest BCUT2D eigenvalue weighted by molar-refractivity contribution is 5.80. The van der Waals surface area contributed by atoms with E-state index in [0.717, 1.165) is 19.6 Å². The van der Waals surface area contributed by atoms with E-state index in [2.05, 4.69) is 23.7 Å². The molecule has 2 rings (SSSR count). The van der Waals surface area contributed by atoms with Gasteiger partial charge in [0.25, 0.3) is 0 Å². The van der Waals surface area contributed by atoms with E-state index in [4.69, 9.17) is 10.5 Å². The second kappa shape index (κ2) is 3.77. The van der Waals surface area contributed by atoms with Crippen molar-refractivity contribution in [3.63, 3.8) is 0 Å². The van der Waals surface area contributed by atoms with Crippen LogP contribution in [-0.2, 0) is 4.74 Å². The van der Waals surface area contributed by atoms with Crippen molar-refractivity contribution in [2.45, 2.75) is 44.9 Å². The Hall–Kier alpha value is -0.770. The molecule has 4 heteroatoms. The normalized spacial score (nSPS) is 32.8. The second-order valence-electron chi connectivity index (χ2n) is 4.32. The van der Waals surface area contributed by atoms with E-state index in [-0.39, 0.29) is 0 Å². The van der Waals surface area contributed by atoms with Crippen molar-refractivity contribution < 1.29 is 4.74 Å². The Morgan fingerprint density at radius 2 is 2.36 bits per heavy atom. The average molecular weight is 197 g/mol. The van der Waals surface area contributed by atoms with Crippen LogP contribution in [0.15, 0.2) is 4.99 Å². The minimum atomic E-state index is 0.335. The maximum atomic E-state index is 5.86. The van der Waals surface area contributed by atoms with Crippen molar-refractivity contribution in [3.8, 4) is 0 Å². The molecule has 1 saturated heterocycles. The molecular formula is C10H19N3O. The van der Waals surface area contributed by atoms with E-state index >= 15 is 0 Å². The van der Waals surface area contributed by atoms with Gasteiger partial charge in [-0.15, -0.1) is 0 Å². The van der Waals surface area contributed by atoms with Crippen LogP contribution in [0.4, 0.5) is 0 Å². The Labute approximate surface area is 85.1 Å². The number of aliphatic imine (C=N–C) groups is 1. The summed E-state index contributed by atoms with van der Waals surface area (Å²) >= 11 is 0. The van der Waals surface area contributed by atoms with Crippen molar-refractivity contribution in [1.29, 1.82) is 0 Å². The van der Waals surface area contributed by atoms with Gasteiger partial charge in [-0.25, -0.2) is 0 Å². The maximum absolute atomic E-state index is 5.86. The molecule has 0 saturated carbocycles. The molecule has 0 bridgehead atoms. The lowest BCUT2D eigenvalue weighted by atomic mass is 10.1. The van der Waals surface area contributed by atoms with Crippen molar-refractivity contribution in [1.82, 2.24) is 4.90 Å².